The fraction of sp³-hybridized carbons (Fsp3) is 0.636. The van der Waals surface area contributed by atoms with Gasteiger partial charge in [0.25, 0.3) is 0 Å². The molecule has 0 fully saturated rings. The van der Waals surface area contributed by atoms with Crippen LogP contribution < -0.4 is 16.6 Å². The van der Waals surface area contributed by atoms with Crippen molar-refractivity contribution in [1.82, 2.24) is 14.9 Å². The largest absolute Gasteiger partial charge is 0.367 e. The lowest BCUT2D eigenvalue weighted by Crippen LogP contribution is -2.34. The lowest BCUT2D eigenvalue weighted by Gasteiger charge is -2.28. The summed E-state index contributed by atoms with van der Waals surface area (Å²) in [5.74, 6) is 5.04. The molecule has 0 unspecified atom stereocenters. The summed E-state index contributed by atoms with van der Waals surface area (Å²) in [5, 5.41) is 2.98. The Bertz CT molecular complexity index is 393. The Kier molecular flexibility index (Phi) is 4.80. The predicted molar refractivity (Wildman–Crippen MR) is 70.6 cm³/mol. The molecule has 102 valence electrons. The van der Waals surface area contributed by atoms with Gasteiger partial charge in [0.05, 0.1) is 6.20 Å². The quantitative estimate of drug-likeness (QED) is 0.518. The fourth-order valence-corrected chi connectivity index (χ4v) is 1.80. The van der Waals surface area contributed by atoms with Crippen molar-refractivity contribution in [1.29, 1.82) is 0 Å². The molecular formula is C11H21FN6. The molecule has 18 heavy (non-hydrogen) atoms. The molecule has 0 aliphatic carbocycles. The van der Waals surface area contributed by atoms with Gasteiger partial charge in [0, 0.05) is 13.1 Å². The highest BCUT2D eigenvalue weighted by Crippen LogP contribution is 2.18. The van der Waals surface area contributed by atoms with Crippen molar-refractivity contribution in [2.24, 2.45) is 11.3 Å². The van der Waals surface area contributed by atoms with Crippen LogP contribution in [0, 0.1) is 11.2 Å². The molecule has 6 nitrogen and oxygen atoms in total. The number of hydrogen-bond donors (Lipinski definition) is 3. The van der Waals surface area contributed by atoms with E-state index in [1.165, 1.54) is 0 Å². The normalized spacial score (nSPS) is 11.7. The molecule has 0 aliphatic rings. The van der Waals surface area contributed by atoms with Crippen LogP contribution in [0.25, 0.3) is 0 Å². The minimum Gasteiger partial charge on any atom is -0.367 e. The van der Waals surface area contributed by atoms with Gasteiger partial charge in [0.15, 0.2) is 11.6 Å². The Morgan fingerprint density at radius 2 is 2.11 bits per heavy atom. The van der Waals surface area contributed by atoms with Crippen molar-refractivity contribution in [2.75, 3.05) is 37.9 Å². The van der Waals surface area contributed by atoms with Crippen LogP contribution in [0.1, 0.15) is 13.8 Å². The Morgan fingerprint density at radius 1 is 1.44 bits per heavy atom. The van der Waals surface area contributed by atoms with E-state index >= 15 is 0 Å². The maximum Gasteiger partial charge on any atom is 0.239 e. The van der Waals surface area contributed by atoms with Gasteiger partial charge < -0.3 is 10.2 Å². The first-order chi connectivity index (χ1) is 8.34. The second-order valence-corrected chi connectivity index (χ2v) is 5.29. The zero-order chi connectivity index (χ0) is 13.8. The van der Waals surface area contributed by atoms with E-state index in [-0.39, 0.29) is 17.2 Å². The number of nitrogen functional groups attached to an aromatic ring is 1. The van der Waals surface area contributed by atoms with Gasteiger partial charge in [-0.25, -0.2) is 15.2 Å². The molecule has 0 saturated heterocycles. The Balaban J connectivity index is 2.67. The highest BCUT2D eigenvalue weighted by molar-refractivity contribution is 5.40. The summed E-state index contributed by atoms with van der Waals surface area (Å²) in [6.07, 6.45) is 1.09. The molecule has 7 heteroatoms. The maximum absolute atomic E-state index is 13.5. The second-order valence-electron chi connectivity index (χ2n) is 5.29. The van der Waals surface area contributed by atoms with Crippen molar-refractivity contribution < 1.29 is 4.39 Å². The molecule has 0 saturated carbocycles. The van der Waals surface area contributed by atoms with E-state index in [1.54, 1.807) is 0 Å². The Labute approximate surface area is 107 Å². The molecule has 0 amide bonds. The molecule has 4 N–H and O–H groups in total. The van der Waals surface area contributed by atoms with Gasteiger partial charge in [-0.05, 0) is 19.5 Å². The zero-order valence-electron chi connectivity index (χ0n) is 11.3. The van der Waals surface area contributed by atoms with Crippen molar-refractivity contribution >= 4 is 11.8 Å². The molecule has 1 rings (SSSR count). The fourth-order valence-electron chi connectivity index (χ4n) is 1.80. The van der Waals surface area contributed by atoms with Gasteiger partial charge in [-0.2, -0.15) is 4.98 Å². The number of hydrogen-bond acceptors (Lipinski definition) is 6. The third kappa shape index (κ3) is 4.42. The molecule has 0 spiro atoms. The van der Waals surface area contributed by atoms with Crippen LogP contribution in [0.4, 0.5) is 16.2 Å². The number of nitrogens with zero attached hydrogens (tertiary/aromatic N) is 3. The van der Waals surface area contributed by atoms with Crippen LogP contribution in [-0.4, -0.2) is 42.1 Å². The lowest BCUT2D eigenvalue weighted by atomic mass is 9.93. The summed E-state index contributed by atoms with van der Waals surface area (Å²) in [5.41, 5.74) is 2.28. The molecule has 0 aliphatic heterocycles. The van der Waals surface area contributed by atoms with E-state index in [4.69, 9.17) is 5.84 Å². The van der Waals surface area contributed by atoms with Gasteiger partial charge in [-0.1, -0.05) is 13.8 Å². The van der Waals surface area contributed by atoms with E-state index in [0.717, 1.165) is 12.7 Å². The SMILES string of the molecule is CN(C)CC(C)(C)CNc1nc(NN)ncc1F. The van der Waals surface area contributed by atoms with Gasteiger partial charge in [-0.3, -0.25) is 5.43 Å². The Morgan fingerprint density at radius 3 is 2.67 bits per heavy atom. The van der Waals surface area contributed by atoms with E-state index in [0.29, 0.717) is 6.54 Å². The predicted octanol–water partition coefficient (Wildman–Crippen LogP) is 0.901. The summed E-state index contributed by atoms with van der Waals surface area (Å²) < 4.78 is 13.5. The van der Waals surface area contributed by atoms with E-state index in [9.17, 15) is 4.39 Å². The number of halogens is 1. The third-order valence-electron chi connectivity index (χ3n) is 2.35. The zero-order valence-corrected chi connectivity index (χ0v) is 11.3. The van der Waals surface area contributed by atoms with Crippen LogP contribution >= 0.6 is 0 Å². The molecule has 0 aromatic carbocycles. The molecular weight excluding hydrogens is 235 g/mol. The molecule has 0 bridgehead atoms. The molecule has 0 radical (unpaired) electrons. The highest BCUT2D eigenvalue weighted by Gasteiger charge is 2.19. The van der Waals surface area contributed by atoms with Crippen molar-refractivity contribution in [2.45, 2.75) is 13.8 Å². The summed E-state index contributed by atoms with van der Waals surface area (Å²) in [4.78, 5) is 9.69. The van der Waals surface area contributed by atoms with Gasteiger partial charge in [0.2, 0.25) is 5.95 Å². The molecule has 0 atom stereocenters. The Hall–Kier alpha value is -1.47. The lowest BCUT2D eigenvalue weighted by molar-refractivity contribution is 0.254. The van der Waals surface area contributed by atoms with Gasteiger partial charge in [-0.15, -0.1) is 0 Å². The summed E-state index contributed by atoms with van der Waals surface area (Å²) in [6, 6.07) is 0. The van der Waals surface area contributed by atoms with Crippen molar-refractivity contribution in [3.63, 3.8) is 0 Å². The summed E-state index contributed by atoms with van der Waals surface area (Å²) in [7, 11) is 4.01. The summed E-state index contributed by atoms with van der Waals surface area (Å²) >= 11 is 0. The number of nitrogens with two attached hydrogens (primary N) is 1. The highest BCUT2D eigenvalue weighted by atomic mass is 19.1. The topological polar surface area (TPSA) is 79.1 Å². The van der Waals surface area contributed by atoms with Gasteiger partial charge in [0.1, 0.15) is 0 Å². The van der Waals surface area contributed by atoms with Crippen LogP contribution in [0.15, 0.2) is 6.20 Å². The minimum atomic E-state index is -0.491. The number of anilines is 2. The van der Waals surface area contributed by atoms with Crippen molar-refractivity contribution in [3.05, 3.63) is 12.0 Å². The maximum atomic E-state index is 13.5. The number of nitrogens with one attached hydrogen (secondary N) is 2. The molecule has 1 heterocycles. The van der Waals surface area contributed by atoms with Crippen LogP contribution in [0.3, 0.4) is 0 Å². The van der Waals surface area contributed by atoms with E-state index in [2.05, 4.69) is 39.5 Å². The van der Waals surface area contributed by atoms with Crippen LogP contribution in [0.2, 0.25) is 0 Å². The first kappa shape index (κ1) is 14.6. The van der Waals surface area contributed by atoms with E-state index < -0.39 is 5.82 Å². The monoisotopic (exact) mass is 256 g/mol. The van der Waals surface area contributed by atoms with Crippen LogP contribution in [-0.2, 0) is 0 Å². The number of aromatic nitrogens is 2. The molecule has 1 aromatic heterocycles. The van der Waals surface area contributed by atoms with Crippen molar-refractivity contribution in [3.8, 4) is 0 Å². The first-order valence-corrected chi connectivity index (χ1v) is 5.72. The average Bonchev–Trinajstić information content (AvgIpc) is 2.26. The second kappa shape index (κ2) is 5.92. The van der Waals surface area contributed by atoms with E-state index in [1.807, 2.05) is 14.1 Å². The summed E-state index contributed by atoms with van der Waals surface area (Å²) in [6.45, 7) is 5.68. The average molecular weight is 256 g/mol. The first-order valence-electron chi connectivity index (χ1n) is 5.72. The van der Waals surface area contributed by atoms with Crippen LogP contribution in [0.5, 0.6) is 0 Å². The smallest absolute Gasteiger partial charge is 0.239 e. The van der Waals surface area contributed by atoms with Gasteiger partial charge >= 0.3 is 0 Å². The number of rotatable bonds is 6. The standard InChI is InChI=1S/C11H21FN6/c1-11(2,7-18(3)4)6-15-9-8(12)5-14-10(16-9)17-13/h5H,6-7,13H2,1-4H3,(H2,14,15,16,17). The number of hydrazine groups is 1. The molecule has 1 aromatic rings. The third-order valence-corrected chi connectivity index (χ3v) is 2.35. The minimum absolute atomic E-state index is 0.00278.